The predicted molar refractivity (Wildman–Crippen MR) is 136 cm³/mol. The lowest BCUT2D eigenvalue weighted by Crippen LogP contribution is -2.12. The van der Waals surface area contributed by atoms with Gasteiger partial charge in [0.15, 0.2) is 16.7 Å². The number of Topliss-reactive ketones (excluding diaryl/α,β-unsaturated/α-hetero) is 1. The minimum Gasteiger partial charge on any atom is -0.463 e. The van der Waals surface area contributed by atoms with Gasteiger partial charge in [0.1, 0.15) is 5.69 Å². The Kier molecular flexibility index (Phi) is 10.8. The third-order valence-corrected chi connectivity index (χ3v) is 7.17. The van der Waals surface area contributed by atoms with Gasteiger partial charge in [0.05, 0.1) is 18.4 Å². The van der Waals surface area contributed by atoms with E-state index in [1.807, 2.05) is 12.1 Å². The highest BCUT2D eigenvalue weighted by molar-refractivity contribution is 7.16. The Bertz CT molecular complexity index is 915. The Hall–Kier alpha value is -2.34. The molecule has 1 unspecified atom stereocenters. The van der Waals surface area contributed by atoms with Crippen molar-refractivity contribution in [1.82, 2.24) is 4.98 Å². The molecule has 0 saturated heterocycles. The first kappa shape index (κ1) is 25.3. The molecule has 33 heavy (non-hydrogen) atoms. The Balaban J connectivity index is 1.49. The van der Waals surface area contributed by atoms with Gasteiger partial charge in [-0.05, 0) is 30.7 Å². The summed E-state index contributed by atoms with van der Waals surface area (Å²) in [7, 11) is 0. The maximum Gasteiger partial charge on any atom is 0.206 e. The summed E-state index contributed by atoms with van der Waals surface area (Å²) in [6.07, 6.45) is 19.4. The third-order valence-electron chi connectivity index (χ3n) is 6.17. The van der Waals surface area contributed by atoms with Crippen molar-refractivity contribution in [2.24, 2.45) is 0 Å². The first-order chi connectivity index (χ1) is 16.2. The first-order valence-electron chi connectivity index (χ1n) is 12.6. The number of thiazole rings is 1. The van der Waals surface area contributed by atoms with E-state index < -0.39 is 0 Å². The van der Waals surface area contributed by atoms with Crippen LogP contribution in [0, 0.1) is 0 Å². The van der Waals surface area contributed by atoms with Crippen molar-refractivity contribution in [2.45, 2.75) is 96.3 Å². The summed E-state index contributed by atoms with van der Waals surface area (Å²) in [5, 5.41) is 0.448. The van der Waals surface area contributed by atoms with Gasteiger partial charge >= 0.3 is 0 Å². The van der Waals surface area contributed by atoms with Crippen LogP contribution in [-0.2, 0) is 0 Å². The van der Waals surface area contributed by atoms with Crippen LogP contribution in [-0.4, -0.2) is 10.8 Å². The van der Waals surface area contributed by atoms with Crippen molar-refractivity contribution in [3.63, 3.8) is 0 Å². The number of hydrogen-bond acceptors (Lipinski definition) is 6. The number of nitrogens with two attached hydrogens (primary N) is 1. The number of furan rings is 2. The second kappa shape index (κ2) is 14.0. The second-order valence-corrected chi connectivity index (χ2v) is 9.88. The fourth-order valence-electron chi connectivity index (χ4n) is 4.34. The molecule has 2 N–H and O–H groups in total. The molecule has 0 fully saturated rings. The number of aromatic nitrogens is 1. The predicted octanol–water partition coefficient (Wildman–Crippen LogP) is 8.64. The number of anilines is 1. The molecule has 0 aromatic carbocycles. The molecule has 0 saturated carbocycles. The average Bonchev–Trinajstić information content (AvgIpc) is 3.58. The van der Waals surface area contributed by atoms with Gasteiger partial charge in [0.2, 0.25) is 5.78 Å². The summed E-state index contributed by atoms with van der Waals surface area (Å²) in [6.45, 7) is 2.26. The topological polar surface area (TPSA) is 82.3 Å². The summed E-state index contributed by atoms with van der Waals surface area (Å²) >= 11 is 1.37. The summed E-state index contributed by atoms with van der Waals surface area (Å²) in [6, 6.07) is 7.16. The van der Waals surface area contributed by atoms with Crippen molar-refractivity contribution in [3.8, 4) is 11.5 Å². The summed E-state index contributed by atoms with van der Waals surface area (Å²) in [5.74, 6) is 0.690. The summed E-state index contributed by atoms with van der Waals surface area (Å²) in [4.78, 5) is 18.6. The van der Waals surface area contributed by atoms with Gasteiger partial charge in [-0.25, -0.2) is 4.98 Å². The van der Waals surface area contributed by atoms with Crippen molar-refractivity contribution < 1.29 is 13.6 Å². The number of nitrogens with zero attached hydrogens (tertiary/aromatic N) is 1. The van der Waals surface area contributed by atoms with Crippen LogP contribution in [0.3, 0.4) is 0 Å². The van der Waals surface area contributed by atoms with Crippen molar-refractivity contribution in [3.05, 3.63) is 47.4 Å². The smallest absolute Gasteiger partial charge is 0.206 e. The molecule has 0 aliphatic carbocycles. The van der Waals surface area contributed by atoms with Crippen LogP contribution in [0.5, 0.6) is 0 Å². The number of carbonyl (C=O) groups is 1. The number of carbonyl (C=O) groups excluding carboxylic acids is 1. The highest BCUT2D eigenvalue weighted by Crippen LogP contribution is 2.39. The molecule has 6 heteroatoms. The second-order valence-electron chi connectivity index (χ2n) is 8.81. The lowest BCUT2D eigenvalue weighted by atomic mass is 9.92. The Morgan fingerprint density at radius 2 is 1.52 bits per heavy atom. The highest BCUT2D eigenvalue weighted by Gasteiger charge is 2.30. The fourth-order valence-corrected chi connectivity index (χ4v) is 5.31. The average molecular weight is 471 g/mol. The monoisotopic (exact) mass is 470 g/mol. The lowest BCUT2D eigenvalue weighted by molar-refractivity contribution is 0.0927. The van der Waals surface area contributed by atoms with E-state index in [-0.39, 0.29) is 11.7 Å². The van der Waals surface area contributed by atoms with E-state index in [1.54, 1.807) is 24.7 Å². The molecule has 3 rings (SSSR count). The Labute approximate surface area is 201 Å². The standard InChI is InChI=1S/C27H38N2O3S/c1-2-3-4-5-6-7-8-9-10-11-12-13-16-21(25(30)23-18-15-20-32-23)26-24(29-27(28)33-26)22-17-14-19-31-22/h14-15,17-21H,2-13,16H2,1H3,(H2,28,29). The van der Waals surface area contributed by atoms with Gasteiger partial charge in [-0.15, -0.1) is 11.3 Å². The minimum atomic E-state index is -0.325. The SMILES string of the molecule is CCCCCCCCCCCCCCC(C(=O)c1ccco1)c1sc(N)nc1-c1ccco1. The maximum absolute atomic E-state index is 13.3. The van der Waals surface area contributed by atoms with Gasteiger partial charge in [-0.2, -0.15) is 0 Å². The molecule has 0 spiro atoms. The van der Waals surface area contributed by atoms with Crippen LogP contribution in [0.1, 0.15) is 112 Å². The zero-order valence-corrected chi connectivity index (χ0v) is 20.7. The van der Waals surface area contributed by atoms with E-state index in [9.17, 15) is 4.79 Å². The van der Waals surface area contributed by atoms with Crippen LogP contribution in [0.25, 0.3) is 11.5 Å². The third kappa shape index (κ3) is 7.88. The number of hydrogen-bond donors (Lipinski definition) is 1. The van der Waals surface area contributed by atoms with Gasteiger partial charge in [-0.1, -0.05) is 84.0 Å². The number of unbranched alkanes of at least 4 members (excludes halogenated alkanes) is 11. The molecule has 0 amide bonds. The normalized spacial score (nSPS) is 12.3. The summed E-state index contributed by atoms with van der Waals surface area (Å²) < 4.78 is 11.0. The molecule has 0 aliphatic heterocycles. The maximum atomic E-state index is 13.3. The van der Waals surface area contributed by atoms with E-state index >= 15 is 0 Å². The molecule has 3 aromatic rings. The van der Waals surface area contributed by atoms with Gasteiger partial charge in [0, 0.05) is 4.88 Å². The zero-order valence-electron chi connectivity index (χ0n) is 19.9. The quantitative estimate of drug-likeness (QED) is 0.158. The highest BCUT2D eigenvalue weighted by atomic mass is 32.1. The van der Waals surface area contributed by atoms with Gasteiger partial charge in [0.25, 0.3) is 0 Å². The van der Waals surface area contributed by atoms with E-state index in [1.165, 1.54) is 75.5 Å². The van der Waals surface area contributed by atoms with E-state index in [0.29, 0.717) is 22.3 Å². The van der Waals surface area contributed by atoms with Crippen LogP contribution in [0.15, 0.2) is 45.6 Å². The van der Waals surface area contributed by atoms with Crippen molar-refractivity contribution in [2.75, 3.05) is 5.73 Å². The van der Waals surface area contributed by atoms with Gasteiger partial charge < -0.3 is 14.6 Å². The van der Waals surface area contributed by atoms with Crippen LogP contribution >= 0.6 is 11.3 Å². The molecular weight excluding hydrogens is 432 g/mol. The minimum absolute atomic E-state index is 0.0143. The Morgan fingerprint density at radius 1 is 0.909 bits per heavy atom. The fraction of sp³-hybridized carbons (Fsp3) is 0.556. The molecule has 180 valence electrons. The molecular formula is C27H38N2O3S. The van der Waals surface area contributed by atoms with E-state index in [0.717, 1.165) is 24.1 Å². The van der Waals surface area contributed by atoms with Crippen molar-refractivity contribution in [1.29, 1.82) is 0 Å². The number of ketones is 1. The van der Waals surface area contributed by atoms with Crippen molar-refractivity contribution >= 4 is 22.3 Å². The largest absolute Gasteiger partial charge is 0.463 e. The van der Waals surface area contributed by atoms with Crippen LogP contribution in [0.4, 0.5) is 5.13 Å². The zero-order chi connectivity index (χ0) is 23.3. The molecule has 0 bridgehead atoms. The van der Waals surface area contributed by atoms with Crippen LogP contribution in [0.2, 0.25) is 0 Å². The lowest BCUT2D eigenvalue weighted by Gasteiger charge is -2.14. The molecule has 5 nitrogen and oxygen atoms in total. The number of rotatable bonds is 17. The summed E-state index contributed by atoms with van der Waals surface area (Å²) in [5.41, 5.74) is 6.71. The molecule has 0 aliphatic rings. The van der Waals surface area contributed by atoms with E-state index in [2.05, 4.69) is 11.9 Å². The molecule has 0 radical (unpaired) electrons. The molecule has 3 aromatic heterocycles. The van der Waals surface area contributed by atoms with E-state index in [4.69, 9.17) is 14.6 Å². The van der Waals surface area contributed by atoms with Gasteiger partial charge in [-0.3, -0.25) is 4.79 Å². The number of nitrogen functional groups attached to an aromatic ring is 1. The Morgan fingerprint density at radius 3 is 2.09 bits per heavy atom. The van der Waals surface area contributed by atoms with Crippen LogP contribution < -0.4 is 5.73 Å². The molecule has 3 heterocycles. The first-order valence-corrected chi connectivity index (χ1v) is 13.4. The molecule has 1 atom stereocenters.